The van der Waals surface area contributed by atoms with Crippen LogP contribution in [0, 0.1) is 5.92 Å². The Morgan fingerprint density at radius 3 is 2.95 bits per heavy atom. The molecule has 106 valence electrons. The minimum atomic E-state index is -0.234. The van der Waals surface area contributed by atoms with Gasteiger partial charge in [0, 0.05) is 32.0 Å². The molecule has 1 aromatic carbocycles. The van der Waals surface area contributed by atoms with E-state index in [2.05, 4.69) is 5.32 Å². The topological polar surface area (TPSA) is 58.6 Å². The van der Waals surface area contributed by atoms with Crippen molar-refractivity contribution in [1.29, 1.82) is 0 Å². The van der Waals surface area contributed by atoms with Gasteiger partial charge in [-0.25, -0.2) is 0 Å². The zero-order valence-electron chi connectivity index (χ0n) is 11.5. The molecule has 2 aliphatic heterocycles. The molecule has 0 aliphatic carbocycles. The third-order valence-electron chi connectivity index (χ3n) is 3.99. The zero-order chi connectivity index (χ0) is 14.1. The molecule has 2 aliphatic rings. The van der Waals surface area contributed by atoms with E-state index >= 15 is 0 Å². The van der Waals surface area contributed by atoms with Gasteiger partial charge in [-0.2, -0.15) is 0 Å². The van der Waals surface area contributed by atoms with Gasteiger partial charge in [-0.15, -0.1) is 0 Å². The summed E-state index contributed by atoms with van der Waals surface area (Å²) in [6.45, 7) is 1.11. The van der Waals surface area contributed by atoms with Gasteiger partial charge < -0.3 is 15.0 Å². The first-order chi connectivity index (χ1) is 9.65. The number of fused-ring (bicyclic) bond motifs is 1. The summed E-state index contributed by atoms with van der Waals surface area (Å²) in [6, 6.07) is 7.74. The SMILES string of the molecule is CN1CC(C(=O)NC2CCOc3ccccc32)CC1=O. The molecule has 2 atom stereocenters. The van der Waals surface area contributed by atoms with Gasteiger partial charge in [0.2, 0.25) is 11.8 Å². The minimum Gasteiger partial charge on any atom is -0.493 e. The molecular formula is C15H18N2O3. The molecule has 0 radical (unpaired) electrons. The zero-order valence-corrected chi connectivity index (χ0v) is 11.5. The second-order valence-corrected chi connectivity index (χ2v) is 5.41. The summed E-state index contributed by atoms with van der Waals surface area (Å²) in [5.74, 6) is 0.605. The summed E-state index contributed by atoms with van der Waals surface area (Å²) in [4.78, 5) is 25.4. The van der Waals surface area contributed by atoms with E-state index in [0.717, 1.165) is 17.7 Å². The van der Waals surface area contributed by atoms with Crippen LogP contribution in [0.15, 0.2) is 24.3 Å². The Morgan fingerprint density at radius 1 is 1.40 bits per heavy atom. The van der Waals surface area contributed by atoms with E-state index in [4.69, 9.17) is 4.74 Å². The summed E-state index contributed by atoms with van der Waals surface area (Å²) < 4.78 is 5.58. The van der Waals surface area contributed by atoms with E-state index in [-0.39, 0.29) is 23.8 Å². The van der Waals surface area contributed by atoms with E-state index < -0.39 is 0 Å². The fraction of sp³-hybridized carbons (Fsp3) is 0.467. The molecule has 1 aromatic rings. The molecule has 2 unspecified atom stereocenters. The Labute approximate surface area is 117 Å². The maximum absolute atomic E-state index is 12.3. The van der Waals surface area contributed by atoms with Crippen LogP contribution in [0.3, 0.4) is 0 Å². The number of likely N-dealkylation sites (tertiary alicyclic amines) is 1. The Kier molecular flexibility index (Phi) is 3.34. The lowest BCUT2D eigenvalue weighted by Gasteiger charge is -2.27. The molecule has 1 N–H and O–H groups in total. The number of ether oxygens (including phenoxy) is 1. The molecule has 2 heterocycles. The van der Waals surface area contributed by atoms with Crippen LogP contribution in [0.5, 0.6) is 5.75 Å². The number of hydrogen-bond donors (Lipinski definition) is 1. The molecular weight excluding hydrogens is 256 g/mol. The fourth-order valence-corrected chi connectivity index (χ4v) is 2.82. The van der Waals surface area contributed by atoms with Crippen LogP contribution in [0.25, 0.3) is 0 Å². The summed E-state index contributed by atoms with van der Waals surface area (Å²) in [5.41, 5.74) is 1.02. The van der Waals surface area contributed by atoms with Crippen molar-refractivity contribution < 1.29 is 14.3 Å². The molecule has 5 nitrogen and oxygen atoms in total. The molecule has 20 heavy (non-hydrogen) atoms. The van der Waals surface area contributed by atoms with Crippen molar-refractivity contribution in [3.8, 4) is 5.75 Å². The van der Waals surface area contributed by atoms with Crippen molar-refractivity contribution in [3.05, 3.63) is 29.8 Å². The van der Waals surface area contributed by atoms with Gasteiger partial charge in [0.1, 0.15) is 5.75 Å². The van der Waals surface area contributed by atoms with Gasteiger partial charge in [0.05, 0.1) is 18.6 Å². The van der Waals surface area contributed by atoms with Crippen LogP contribution in [0.2, 0.25) is 0 Å². The molecule has 0 bridgehead atoms. The first-order valence-electron chi connectivity index (χ1n) is 6.91. The summed E-state index contributed by atoms with van der Waals surface area (Å²) in [7, 11) is 1.74. The molecule has 0 spiro atoms. The van der Waals surface area contributed by atoms with Crippen LogP contribution in [-0.2, 0) is 9.59 Å². The number of nitrogens with one attached hydrogen (secondary N) is 1. The molecule has 1 fully saturated rings. The van der Waals surface area contributed by atoms with Gasteiger partial charge in [0.25, 0.3) is 0 Å². The lowest BCUT2D eigenvalue weighted by Crippen LogP contribution is -2.37. The lowest BCUT2D eigenvalue weighted by atomic mass is 9.99. The number of carbonyl (C=O) groups is 2. The lowest BCUT2D eigenvalue weighted by molar-refractivity contribution is -0.128. The fourth-order valence-electron chi connectivity index (χ4n) is 2.82. The van der Waals surface area contributed by atoms with Crippen molar-refractivity contribution in [2.45, 2.75) is 18.9 Å². The molecule has 0 aromatic heterocycles. The predicted octanol–water partition coefficient (Wildman–Crippen LogP) is 1.10. The van der Waals surface area contributed by atoms with Gasteiger partial charge in [0.15, 0.2) is 0 Å². The Hall–Kier alpha value is -2.04. The van der Waals surface area contributed by atoms with Gasteiger partial charge in [-0.1, -0.05) is 18.2 Å². The monoisotopic (exact) mass is 274 g/mol. The first kappa shape index (κ1) is 13.0. The summed E-state index contributed by atoms with van der Waals surface area (Å²) in [5, 5.41) is 3.06. The molecule has 5 heteroatoms. The largest absolute Gasteiger partial charge is 0.493 e. The van der Waals surface area contributed by atoms with Gasteiger partial charge >= 0.3 is 0 Å². The Balaban J connectivity index is 1.70. The maximum atomic E-state index is 12.3. The van der Waals surface area contributed by atoms with Crippen LogP contribution in [0.1, 0.15) is 24.4 Å². The highest BCUT2D eigenvalue weighted by atomic mass is 16.5. The smallest absolute Gasteiger partial charge is 0.225 e. The summed E-state index contributed by atoms with van der Waals surface area (Å²) in [6.07, 6.45) is 1.08. The van der Waals surface area contributed by atoms with Crippen molar-refractivity contribution in [1.82, 2.24) is 10.2 Å². The van der Waals surface area contributed by atoms with Gasteiger partial charge in [-0.05, 0) is 6.07 Å². The number of amides is 2. The van der Waals surface area contributed by atoms with Gasteiger partial charge in [-0.3, -0.25) is 9.59 Å². The van der Waals surface area contributed by atoms with Crippen LogP contribution >= 0.6 is 0 Å². The normalized spacial score (nSPS) is 25.1. The molecule has 0 saturated carbocycles. The van der Waals surface area contributed by atoms with E-state index in [1.165, 1.54) is 0 Å². The first-order valence-corrected chi connectivity index (χ1v) is 6.91. The highest BCUT2D eigenvalue weighted by Gasteiger charge is 2.34. The van der Waals surface area contributed by atoms with E-state index in [1.54, 1.807) is 11.9 Å². The van der Waals surface area contributed by atoms with Crippen molar-refractivity contribution in [2.75, 3.05) is 20.2 Å². The third kappa shape index (κ3) is 2.35. The average molecular weight is 274 g/mol. The van der Waals surface area contributed by atoms with Crippen molar-refractivity contribution in [3.63, 3.8) is 0 Å². The standard InChI is InChI=1S/C15H18N2O3/c1-17-9-10(8-14(17)18)15(19)16-12-6-7-20-13-5-3-2-4-11(12)13/h2-5,10,12H,6-9H2,1H3,(H,16,19). The number of rotatable bonds is 2. The van der Waals surface area contributed by atoms with Crippen LogP contribution in [0.4, 0.5) is 0 Å². The number of benzene rings is 1. The second-order valence-electron chi connectivity index (χ2n) is 5.41. The Bertz CT molecular complexity index is 544. The highest BCUT2D eigenvalue weighted by molar-refractivity contribution is 5.89. The second kappa shape index (κ2) is 5.15. The third-order valence-corrected chi connectivity index (χ3v) is 3.99. The summed E-state index contributed by atoms with van der Waals surface area (Å²) >= 11 is 0. The Morgan fingerprint density at radius 2 is 2.20 bits per heavy atom. The quantitative estimate of drug-likeness (QED) is 0.878. The maximum Gasteiger partial charge on any atom is 0.225 e. The van der Waals surface area contributed by atoms with E-state index in [9.17, 15) is 9.59 Å². The number of carbonyl (C=O) groups excluding carboxylic acids is 2. The predicted molar refractivity (Wildman–Crippen MR) is 73.2 cm³/mol. The van der Waals surface area contributed by atoms with E-state index in [1.807, 2.05) is 24.3 Å². The highest BCUT2D eigenvalue weighted by Crippen LogP contribution is 2.32. The number of para-hydroxylation sites is 1. The minimum absolute atomic E-state index is 0.0199. The van der Waals surface area contributed by atoms with Crippen LogP contribution < -0.4 is 10.1 Å². The molecule has 1 saturated heterocycles. The van der Waals surface area contributed by atoms with Crippen molar-refractivity contribution in [2.24, 2.45) is 5.92 Å². The van der Waals surface area contributed by atoms with Crippen LogP contribution in [-0.4, -0.2) is 36.9 Å². The molecule has 3 rings (SSSR count). The molecule has 2 amide bonds. The van der Waals surface area contributed by atoms with Crippen molar-refractivity contribution >= 4 is 11.8 Å². The van der Waals surface area contributed by atoms with E-state index in [0.29, 0.717) is 19.6 Å². The number of nitrogens with zero attached hydrogens (tertiary/aromatic N) is 1. The number of hydrogen-bond acceptors (Lipinski definition) is 3. The average Bonchev–Trinajstić information content (AvgIpc) is 2.79.